The van der Waals surface area contributed by atoms with Crippen LogP contribution in [0.4, 0.5) is 5.69 Å². The SMILES string of the molecule is Br.CCCCCCCCCCCCCCOc1ccc(CN(C(=O)CC)c2ccc(CN3C=C(C)SC3)cc2)cc1. The molecule has 6 heteroatoms. The van der Waals surface area contributed by atoms with Crippen LogP contribution in [0, 0.1) is 0 Å². The molecule has 1 amide bonds. The van der Waals surface area contributed by atoms with Crippen molar-refractivity contribution >= 4 is 40.3 Å². The van der Waals surface area contributed by atoms with Gasteiger partial charge in [0, 0.05) is 24.9 Å². The van der Waals surface area contributed by atoms with E-state index < -0.39 is 0 Å². The van der Waals surface area contributed by atoms with Crippen LogP contribution < -0.4 is 9.64 Å². The molecule has 228 valence electrons. The highest BCUT2D eigenvalue weighted by Gasteiger charge is 2.16. The van der Waals surface area contributed by atoms with E-state index in [1.807, 2.05) is 35.7 Å². The molecule has 3 rings (SSSR count). The Hall–Kier alpha value is -1.92. The van der Waals surface area contributed by atoms with Gasteiger partial charge in [-0.15, -0.1) is 28.7 Å². The van der Waals surface area contributed by atoms with Crippen molar-refractivity contribution in [2.75, 3.05) is 17.4 Å². The van der Waals surface area contributed by atoms with Crippen LogP contribution in [0.1, 0.15) is 115 Å². The summed E-state index contributed by atoms with van der Waals surface area (Å²) in [4.78, 5) is 18.4. The number of rotatable bonds is 20. The summed E-state index contributed by atoms with van der Waals surface area (Å²) in [5.74, 6) is 2.05. The first-order chi connectivity index (χ1) is 19.6. The third-order valence-corrected chi connectivity index (χ3v) is 8.61. The van der Waals surface area contributed by atoms with Crippen molar-refractivity contribution in [3.8, 4) is 5.75 Å². The Morgan fingerprint density at radius 2 is 1.37 bits per heavy atom. The van der Waals surface area contributed by atoms with E-state index in [0.29, 0.717) is 13.0 Å². The Morgan fingerprint density at radius 3 is 1.90 bits per heavy atom. The monoisotopic (exact) mass is 644 g/mol. The highest BCUT2D eigenvalue weighted by molar-refractivity contribution is 8.93. The number of allylic oxidation sites excluding steroid dienone is 1. The summed E-state index contributed by atoms with van der Waals surface area (Å²) in [5.41, 5.74) is 3.32. The number of amides is 1. The number of hydrogen-bond acceptors (Lipinski definition) is 4. The van der Waals surface area contributed by atoms with Crippen LogP contribution in [0.2, 0.25) is 0 Å². The Balaban J connectivity index is 0.00000588. The molecule has 4 nitrogen and oxygen atoms in total. The van der Waals surface area contributed by atoms with E-state index in [0.717, 1.165) is 42.4 Å². The zero-order valence-electron chi connectivity index (χ0n) is 25.7. The van der Waals surface area contributed by atoms with Crippen molar-refractivity contribution in [2.45, 2.75) is 117 Å². The predicted octanol–water partition coefficient (Wildman–Crippen LogP) is 10.7. The lowest BCUT2D eigenvalue weighted by Crippen LogP contribution is -2.29. The molecule has 0 radical (unpaired) electrons. The number of anilines is 1. The largest absolute Gasteiger partial charge is 0.494 e. The van der Waals surface area contributed by atoms with Gasteiger partial charge >= 0.3 is 0 Å². The van der Waals surface area contributed by atoms with E-state index in [9.17, 15) is 4.79 Å². The lowest BCUT2D eigenvalue weighted by Gasteiger charge is -2.23. The molecule has 0 atom stereocenters. The Morgan fingerprint density at radius 1 is 0.805 bits per heavy atom. The fourth-order valence-corrected chi connectivity index (χ4v) is 5.90. The van der Waals surface area contributed by atoms with Gasteiger partial charge in [0.1, 0.15) is 5.75 Å². The normalized spacial score (nSPS) is 12.7. The maximum absolute atomic E-state index is 12.8. The molecule has 0 spiro atoms. The number of benzene rings is 2. The molecule has 0 saturated heterocycles. The molecule has 41 heavy (non-hydrogen) atoms. The lowest BCUT2D eigenvalue weighted by molar-refractivity contribution is -0.118. The van der Waals surface area contributed by atoms with E-state index in [1.165, 1.54) is 81.1 Å². The van der Waals surface area contributed by atoms with Gasteiger partial charge in [-0.2, -0.15) is 0 Å². The minimum Gasteiger partial charge on any atom is -0.494 e. The van der Waals surface area contributed by atoms with E-state index in [1.54, 1.807) is 0 Å². The highest BCUT2D eigenvalue weighted by atomic mass is 79.9. The summed E-state index contributed by atoms with van der Waals surface area (Å²) in [6.45, 7) is 8.59. The predicted molar refractivity (Wildman–Crippen MR) is 183 cm³/mol. The molecule has 0 unspecified atom stereocenters. The molecule has 0 fully saturated rings. The van der Waals surface area contributed by atoms with Gasteiger partial charge in [-0.3, -0.25) is 4.79 Å². The number of hydrogen-bond donors (Lipinski definition) is 0. The van der Waals surface area contributed by atoms with Crippen LogP contribution in [-0.2, 0) is 17.9 Å². The number of nitrogens with zero attached hydrogens (tertiary/aromatic N) is 2. The van der Waals surface area contributed by atoms with E-state index >= 15 is 0 Å². The van der Waals surface area contributed by atoms with Gasteiger partial charge in [-0.1, -0.05) is 109 Å². The average molecular weight is 646 g/mol. The first-order valence-corrected chi connectivity index (χ1v) is 16.7. The standard InChI is InChI=1S/C35H52N2O2S.BrH/c1-4-6-7-8-9-10-11-12-13-14-15-16-25-39-34-23-19-32(20-24-34)28-37(35(38)5-2)33-21-17-31(18-22-33)27-36-26-30(3)40-29-36;/h17-24,26H,4-16,25,27-29H2,1-3H3;1H. The van der Waals surface area contributed by atoms with Crippen molar-refractivity contribution in [3.05, 3.63) is 70.8 Å². The minimum absolute atomic E-state index is 0. The molecule has 0 bridgehead atoms. The summed E-state index contributed by atoms with van der Waals surface area (Å²) in [5, 5.41) is 0. The second-order valence-corrected chi connectivity index (χ2v) is 12.3. The molecule has 0 saturated carbocycles. The fraction of sp³-hybridized carbons (Fsp3) is 0.571. The zero-order valence-corrected chi connectivity index (χ0v) is 28.3. The summed E-state index contributed by atoms with van der Waals surface area (Å²) < 4.78 is 6.00. The molecule has 2 aromatic carbocycles. The fourth-order valence-electron chi connectivity index (χ4n) is 5.14. The van der Waals surface area contributed by atoms with Crippen molar-refractivity contribution in [3.63, 3.8) is 0 Å². The van der Waals surface area contributed by atoms with E-state index in [2.05, 4.69) is 61.3 Å². The third-order valence-electron chi connectivity index (χ3n) is 7.59. The number of ether oxygens (including phenoxy) is 1. The van der Waals surface area contributed by atoms with Gasteiger partial charge in [0.15, 0.2) is 0 Å². The Labute approximate surface area is 265 Å². The molecule has 1 aliphatic rings. The maximum atomic E-state index is 12.8. The summed E-state index contributed by atoms with van der Waals surface area (Å²) in [6.07, 6.45) is 18.9. The van der Waals surface area contributed by atoms with Gasteiger partial charge in [-0.05, 0) is 53.6 Å². The van der Waals surface area contributed by atoms with Crippen LogP contribution in [-0.4, -0.2) is 23.3 Å². The molecule has 1 aliphatic heterocycles. The number of carbonyl (C=O) groups is 1. The quantitative estimate of drug-likeness (QED) is 0.134. The van der Waals surface area contributed by atoms with Gasteiger partial charge in [0.25, 0.3) is 0 Å². The second-order valence-electron chi connectivity index (χ2n) is 11.1. The summed E-state index contributed by atoms with van der Waals surface area (Å²) in [7, 11) is 0. The van der Waals surface area contributed by atoms with Crippen LogP contribution in [0.15, 0.2) is 59.6 Å². The molecule has 0 aromatic heterocycles. The van der Waals surface area contributed by atoms with Gasteiger partial charge < -0.3 is 14.5 Å². The zero-order chi connectivity index (χ0) is 28.4. The first-order valence-electron chi connectivity index (χ1n) is 15.8. The van der Waals surface area contributed by atoms with Crippen LogP contribution >= 0.6 is 28.7 Å². The van der Waals surface area contributed by atoms with E-state index in [4.69, 9.17) is 4.74 Å². The first kappa shape index (κ1) is 35.3. The number of halogens is 1. The van der Waals surface area contributed by atoms with Gasteiger partial charge in [-0.25, -0.2) is 0 Å². The number of carbonyl (C=O) groups excluding carboxylic acids is 1. The summed E-state index contributed by atoms with van der Waals surface area (Å²) in [6, 6.07) is 16.7. The van der Waals surface area contributed by atoms with Crippen molar-refractivity contribution in [2.24, 2.45) is 0 Å². The molecular weight excluding hydrogens is 592 g/mol. The van der Waals surface area contributed by atoms with E-state index in [-0.39, 0.29) is 22.9 Å². The van der Waals surface area contributed by atoms with Crippen molar-refractivity contribution in [1.82, 2.24) is 4.90 Å². The van der Waals surface area contributed by atoms with Gasteiger partial charge in [0.2, 0.25) is 5.91 Å². The van der Waals surface area contributed by atoms with Crippen LogP contribution in [0.5, 0.6) is 5.75 Å². The topological polar surface area (TPSA) is 32.8 Å². The molecular formula is C35H53BrN2O2S. The summed E-state index contributed by atoms with van der Waals surface area (Å²) >= 11 is 1.88. The Bertz CT molecular complexity index is 1010. The average Bonchev–Trinajstić information content (AvgIpc) is 3.39. The lowest BCUT2D eigenvalue weighted by atomic mass is 10.1. The Kier molecular flexibility index (Phi) is 18.0. The van der Waals surface area contributed by atoms with Crippen molar-refractivity contribution in [1.29, 1.82) is 0 Å². The molecule has 1 heterocycles. The smallest absolute Gasteiger partial charge is 0.227 e. The van der Waals surface area contributed by atoms with Crippen LogP contribution in [0.25, 0.3) is 0 Å². The van der Waals surface area contributed by atoms with Gasteiger partial charge in [0.05, 0.1) is 19.0 Å². The second kappa shape index (κ2) is 20.9. The molecule has 0 aliphatic carbocycles. The van der Waals surface area contributed by atoms with Crippen LogP contribution in [0.3, 0.4) is 0 Å². The number of unbranched alkanes of at least 4 members (excludes halogenated alkanes) is 11. The highest BCUT2D eigenvalue weighted by Crippen LogP contribution is 2.27. The van der Waals surface area contributed by atoms with Crippen molar-refractivity contribution < 1.29 is 9.53 Å². The molecule has 2 aromatic rings. The minimum atomic E-state index is 0. The third kappa shape index (κ3) is 13.7. The number of thioether (sulfide) groups is 1. The maximum Gasteiger partial charge on any atom is 0.227 e. The molecule has 0 N–H and O–H groups in total.